The molecule has 0 unspecified atom stereocenters. The van der Waals surface area contributed by atoms with Gasteiger partial charge in [0.25, 0.3) is 5.91 Å². The first-order chi connectivity index (χ1) is 9.04. The van der Waals surface area contributed by atoms with Crippen molar-refractivity contribution in [2.75, 3.05) is 11.9 Å². The predicted molar refractivity (Wildman–Crippen MR) is 76.6 cm³/mol. The van der Waals surface area contributed by atoms with Crippen molar-refractivity contribution in [1.82, 2.24) is 10.2 Å². The van der Waals surface area contributed by atoms with Crippen LogP contribution in [-0.4, -0.2) is 22.7 Å². The normalized spacial score (nSPS) is 10.3. The number of carbonyl (C=O) groups is 1. The lowest BCUT2D eigenvalue weighted by molar-refractivity contribution is -0.118. The molecule has 1 aromatic heterocycles. The molecule has 2 rings (SSSR count). The molecule has 0 saturated heterocycles. The molecule has 1 aromatic carbocycles. The van der Waals surface area contributed by atoms with E-state index in [1.807, 2.05) is 6.92 Å². The second-order valence-electron chi connectivity index (χ2n) is 3.85. The van der Waals surface area contributed by atoms with Crippen molar-refractivity contribution in [3.8, 4) is 5.75 Å². The van der Waals surface area contributed by atoms with Crippen LogP contribution < -0.4 is 10.1 Å². The van der Waals surface area contributed by atoms with Crippen LogP contribution in [0.5, 0.6) is 5.75 Å². The van der Waals surface area contributed by atoms with Gasteiger partial charge in [-0.15, -0.1) is 0 Å². The van der Waals surface area contributed by atoms with Gasteiger partial charge in [0, 0.05) is 16.2 Å². The number of rotatable bonds is 4. The summed E-state index contributed by atoms with van der Waals surface area (Å²) < 4.78 is 6.18. The van der Waals surface area contributed by atoms with Crippen LogP contribution in [0.2, 0.25) is 5.02 Å². The number of hydrogen-bond acceptors (Lipinski definition) is 3. The number of aromatic nitrogens is 2. The molecule has 1 heterocycles. The number of nitrogens with one attached hydrogen (secondary N) is 2. The molecule has 2 N–H and O–H groups in total. The summed E-state index contributed by atoms with van der Waals surface area (Å²) in [4.78, 5) is 11.6. The first-order valence-electron chi connectivity index (χ1n) is 5.44. The van der Waals surface area contributed by atoms with E-state index in [4.69, 9.17) is 16.3 Å². The number of aromatic amines is 1. The van der Waals surface area contributed by atoms with Crippen LogP contribution in [0.25, 0.3) is 0 Å². The number of anilines is 1. The van der Waals surface area contributed by atoms with Crippen LogP contribution in [0.15, 0.2) is 28.7 Å². The Hall–Kier alpha value is -1.53. The quantitative estimate of drug-likeness (QED) is 0.895. The Morgan fingerprint density at radius 3 is 2.95 bits per heavy atom. The SMILES string of the molecule is Cc1cc(NC(=O)COc2ccc(Br)cc2Cl)n[nH]1. The Morgan fingerprint density at radius 2 is 2.32 bits per heavy atom. The molecule has 5 nitrogen and oxygen atoms in total. The van der Waals surface area contributed by atoms with E-state index in [1.165, 1.54) is 0 Å². The Labute approximate surface area is 123 Å². The van der Waals surface area contributed by atoms with Gasteiger partial charge in [0.1, 0.15) is 5.75 Å². The van der Waals surface area contributed by atoms with Crippen molar-refractivity contribution >= 4 is 39.3 Å². The topological polar surface area (TPSA) is 67.0 Å². The van der Waals surface area contributed by atoms with Crippen molar-refractivity contribution in [3.05, 3.63) is 39.5 Å². The van der Waals surface area contributed by atoms with Crippen LogP contribution in [0, 0.1) is 6.92 Å². The molecular formula is C12H11BrClN3O2. The molecule has 0 aliphatic rings. The molecule has 1 amide bonds. The van der Waals surface area contributed by atoms with E-state index < -0.39 is 0 Å². The summed E-state index contributed by atoms with van der Waals surface area (Å²) in [5.74, 6) is 0.622. The van der Waals surface area contributed by atoms with Gasteiger partial charge in [-0.25, -0.2) is 0 Å². The minimum Gasteiger partial charge on any atom is -0.482 e. The fourth-order valence-corrected chi connectivity index (χ4v) is 2.12. The van der Waals surface area contributed by atoms with Gasteiger partial charge in [0.2, 0.25) is 0 Å². The van der Waals surface area contributed by atoms with Gasteiger partial charge in [-0.05, 0) is 25.1 Å². The molecule has 100 valence electrons. The number of nitrogens with zero attached hydrogens (tertiary/aromatic N) is 1. The summed E-state index contributed by atoms with van der Waals surface area (Å²) >= 11 is 9.26. The van der Waals surface area contributed by atoms with Crippen LogP contribution >= 0.6 is 27.5 Å². The maximum absolute atomic E-state index is 11.6. The maximum atomic E-state index is 11.6. The summed E-state index contributed by atoms with van der Waals surface area (Å²) in [5, 5.41) is 9.67. The summed E-state index contributed by atoms with van der Waals surface area (Å²) in [6.07, 6.45) is 0. The number of carbonyl (C=O) groups excluding carboxylic acids is 1. The molecule has 19 heavy (non-hydrogen) atoms. The molecule has 0 fully saturated rings. The number of amides is 1. The monoisotopic (exact) mass is 343 g/mol. The molecule has 2 aromatic rings. The van der Waals surface area contributed by atoms with Crippen LogP contribution in [-0.2, 0) is 4.79 Å². The van der Waals surface area contributed by atoms with Gasteiger partial charge in [0.05, 0.1) is 5.02 Å². The zero-order valence-electron chi connectivity index (χ0n) is 10.0. The highest BCUT2D eigenvalue weighted by molar-refractivity contribution is 9.10. The predicted octanol–water partition coefficient (Wildman–Crippen LogP) is 3.15. The standard InChI is InChI=1S/C12H11BrClN3O2/c1-7-4-11(17-16-7)15-12(18)6-19-10-3-2-8(13)5-9(10)14/h2-5H,6H2,1H3,(H2,15,16,17,18). The fraction of sp³-hybridized carbons (Fsp3) is 0.167. The number of hydrogen-bond donors (Lipinski definition) is 2. The lowest BCUT2D eigenvalue weighted by Gasteiger charge is -2.07. The average Bonchev–Trinajstić information content (AvgIpc) is 2.73. The summed E-state index contributed by atoms with van der Waals surface area (Å²) in [6, 6.07) is 6.91. The summed E-state index contributed by atoms with van der Waals surface area (Å²) in [7, 11) is 0. The Balaban J connectivity index is 1.89. The summed E-state index contributed by atoms with van der Waals surface area (Å²) in [6.45, 7) is 1.72. The van der Waals surface area contributed by atoms with Crippen LogP contribution in [0.4, 0.5) is 5.82 Å². The second-order valence-corrected chi connectivity index (χ2v) is 5.17. The van der Waals surface area contributed by atoms with E-state index in [-0.39, 0.29) is 12.5 Å². The Morgan fingerprint density at radius 1 is 1.53 bits per heavy atom. The molecule has 0 aliphatic heterocycles. The second kappa shape index (κ2) is 6.08. The molecule has 0 atom stereocenters. The molecule has 7 heteroatoms. The van der Waals surface area contributed by atoms with Gasteiger partial charge < -0.3 is 10.1 Å². The number of benzene rings is 1. The Kier molecular flexibility index (Phi) is 4.44. The third-order valence-electron chi connectivity index (χ3n) is 2.23. The highest BCUT2D eigenvalue weighted by Gasteiger charge is 2.08. The van der Waals surface area contributed by atoms with E-state index in [0.717, 1.165) is 10.2 Å². The van der Waals surface area contributed by atoms with Crippen molar-refractivity contribution in [3.63, 3.8) is 0 Å². The molecular weight excluding hydrogens is 334 g/mol. The highest BCUT2D eigenvalue weighted by Crippen LogP contribution is 2.27. The van der Waals surface area contributed by atoms with Gasteiger partial charge in [-0.3, -0.25) is 9.89 Å². The van der Waals surface area contributed by atoms with E-state index in [1.54, 1.807) is 24.3 Å². The average molecular weight is 345 g/mol. The van der Waals surface area contributed by atoms with Crippen LogP contribution in [0.3, 0.4) is 0 Å². The number of H-pyrrole nitrogens is 1. The van der Waals surface area contributed by atoms with Gasteiger partial charge in [0.15, 0.2) is 12.4 Å². The highest BCUT2D eigenvalue weighted by atomic mass is 79.9. The molecule has 0 radical (unpaired) electrons. The smallest absolute Gasteiger partial charge is 0.263 e. The minimum absolute atomic E-state index is 0.132. The first-order valence-corrected chi connectivity index (χ1v) is 6.61. The first kappa shape index (κ1) is 13.9. The van der Waals surface area contributed by atoms with E-state index >= 15 is 0 Å². The van der Waals surface area contributed by atoms with Gasteiger partial charge in [-0.2, -0.15) is 5.10 Å². The third kappa shape index (κ3) is 3.97. The van der Waals surface area contributed by atoms with E-state index in [0.29, 0.717) is 16.6 Å². The number of aryl methyl sites for hydroxylation is 1. The summed E-state index contributed by atoms with van der Waals surface area (Å²) in [5.41, 5.74) is 0.868. The van der Waals surface area contributed by atoms with Gasteiger partial charge >= 0.3 is 0 Å². The number of halogens is 2. The number of ether oxygens (including phenoxy) is 1. The van der Waals surface area contributed by atoms with E-state index in [2.05, 4.69) is 31.4 Å². The van der Waals surface area contributed by atoms with Gasteiger partial charge in [-0.1, -0.05) is 27.5 Å². The maximum Gasteiger partial charge on any atom is 0.263 e. The zero-order valence-corrected chi connectivity index (χ0v) is 12.4. The van der Waals surface area contributed by atoms with E-state index in [9.17, 15) is 4.79 Å². The van der Waals surface area contributed by atoms with Crippen molar-refractivity contribution in [2.45, 2.75) is 6.92 Å². The lowest BCUT2D eigenvalue weighted by Crippen LogP contribution is -2.20. The van der Waals surface area contributed by atoms with Crippen molar-refractivity contribution < 1.29 is 9.53 Å². The fourth-order valence-electron chi connectivity index (χ4n) is 1.40. The molecule has 0 bridgehead atoms. The largest absolute Gasteiger partial charge is 0.482 e. The molecule has 0 saturated carbocycles. The Bertz CT molecular complexity index is 600. The molecule has 0 aliphatic carbocycles. The lowest BCUT2D eigenvalue weighted by atomic mass is 10.3. The van der Waals surface area contributed by atoms with Crippen molar-refractivity contribution in [2.24, 2.45) is 0 Å². The third-order valence-corrected chi connectivity index (χ3v) is 3.01. The molecule has 0 spiro atoms. The van der Waals surface area contributed by atoms with Crippen LogP contribution in [0.1, 0.15) is 5.69 Å². The zero-order chi connectivity index (χ0) is 13.8. The minimum atomic E-state index is -0.300. The van der Waals surface area contributed by atoms with Crippen molar-refractivity contribution in [1.29, 1.82) is 0 Å².